The Morgan fingerprint density at radius 3 is 2.59 bits per heavy atom. The molecule has 1 aromatic heterocycles. The molecule has 0 bridgehead atoms. The van der Waals surface area contributed by atoms with Gasteiger partial charge >= 0.3 is 0 Å². The third-order valence-electron chi connectivity index (χ3n) is 3.64. The van der Waals surface area contributed by atoms with Crippen LogP contribution in [0.25, 0.3) is 0 Å². The maximum Gasteiger partial charge on any atom is 0.242 e. The summed E-state index contributed by atoms with van der Waals surface area (Å²) in [5.74, 6) is 0.307. The quantitative estimate of drug-likeness (QED) is 0.822. The fourth-order valence-corrected chi connectivity index (χ4v) is 2.30. The lowest BCUT2D eigenvalue weighted by molar-refractivity contribution is -0.126. The molecule has 1 aromatic carbocycles. The first kappa shape index (κ1) is 16.3. The van der Waals surface area contributed by atoms with Crippen LogP contribution in [0.4, 0.5) is 0 Å². The van der Waals surface area contributed by atoms with E-state index in [4.69, 9.17) is 4.42 Å². The molecule has 1 amide bonds. The van der Waals surface area contributed by atoms with E-state index < -0.39 is 6.10 Å². The van der Waals surface area contributed by atoms with Crippen LogP contribution in [0.2, 0.25) is 0 Å². The van der Waals surface area contributed by atoms with Crippen molar-refractivity contribution in [3.63, 3.8) is 0 Å². The number of carbonyl (C=O) groups excluding carboxylic acids is 1. The molecule has 2 aromatic rings. The molecule has 22 heavy (non-hydrogen) atoms. The lowest BCUT2D eigenvalue weighted by Gasteiger charge is -2.26. The van der Waals surface area contributed by atoms with Gasteiger partial charge in [-0.1, -0.05) is 37.3 Å². The SMILES string of the molecule is CCN(C)C(C(=O)NCC(O)c1ccco1)c1ccccc1. The molecular formula is C17H22N2O3. The number of aliphatic hydroxyl groups excluding tert-OH is 1. The van der Waals surface area contributed by atoms with Crippen LogP contribution in [0.5, 0.6) is 0 Å². The highest BCUT2D eigenvalue weighted by atomic mass is 16.4. The van der Waals surface area contributed by atoms with Gasteiger partial charge in [0, 0.05) is 0 Å². The average molecular weight is 302 g/mol. The monoisotopic (exact) mass is 302 g/mol. The van der Waals surface area contributed by atoms with E-state index in [2.05, 4.69) is 5.32 Å². The number of benzene rings is 1. The predicted octanol–water partition coefficient (Wildman–Crippen LogP) is 2.12. The minimum absolute atomic E-state index is 0.118. The van der Waals surface area contributed by atoms with Gasteiger partial charge in [0.05, 0.1) is 12.8 Å². The van der Waals surface area contributed by atoms with Crippen LogP contribution in [0.15, 0.2) is 53.1 Å². The number of carbonyl (C=O) groups is 1. The maximum atomic E-state index is 12.5. The number of aliphatic hydroxyl groups is 1. The second-order valence-electron chi connectivity index (χ2n) is 5.16. The van der Waals surface area contributed by atoms with Gasteiger partial charge in [-0.15, -0.1) is 0 Å². The number of likely N-dealkylation sites (N-methyl/N-ethyl adjacent to an activating group) is 1. The Labute approximate surface area is 130 Å². The van der Waals surface area contributed by atoms with E-state index in [0.717, 1.165) is 12.1 Å². The van der Waals surface area contributed by atoms with Crippen LogP contribution in [0.1, 0.15) is 30.4 Å². The summed E-state index contributed by atoms with van der Waals surface area (Å²) < 4.78 is 5.13. The molecule has 0 aliphatic carbocycles. The van der Waals surface area contributed by atoms with Gasteiger partial charge in [0.15, 0.2) is 0 Å². The van der Waals surface area contributed by atoms with Gasteiger partial charge in [-0.05, 0) is 31.3 Å². The van der Waals surface area contributed by atoms with Gasteiger partial charge in [0.2, 0.25) is 5.91 Å². The molecule has 118 valence electrons. The van der Waals surface area contributed by atoms with Crippen molar-refractivity contribution in [2.24, 2.45) is 0 Å². The van der Waals surface area contributed by atoms with Gasteiger partial charge in [0.25, 0.3) is 0 Å². The molecule has 1 heterocycles. The van der Waals surface area contributed by atoms with Gasteiger partial charge in [-0.25, -0.2) is 0 Å². The van der Waals surface area contributed by atoms with Crippen molar-refractivity contribution in [3.8, 4) is 0 Å². The topological polar surface area (TPSA) is 65.7 Å². The Hall–Kier alpha value is -2.11. The number of nitrogens with one attached hydrogen (secondary N) is 1. The summed E-state index contributed by atoms with van der Waals surface area (Å²) >= 11 is 0. The zero-order chi connectivity index (χ0) is 15.9. The lowest BCUT2D eigenvalue weighted by atomic mass is 10.0. The first-order valence-corrected chi connectivity index (χ1v) is 7.37. The number of furan rings is 1. The third-order valence-corrected chi connectivity index (χ3v) is 3.64. The van der Waals surface area contributed by atoms with E-state index in [1.54, 1.807) is 12.1 Å². The molecule has 0 aliphatic heterocycles. The fourth-order valence-electron chi connectivity index (χ4n) is 2.30. The van der Waals surface area contributed by atoms with Gasteiger partial charge in [-0.3, -0.25) is 9.69 Å². The van der Waals surface area contributed by atoms with Gasteiger partial charge in [0.1, 0.15) is 17.9 Å². The van der Waals surface area contributed by atoms with Crippen LogP contribution in [0.3, 0.4) is 0 Å². The Kier molecular flexibility index (Phi) is 5.75. The molecular weight excluding hydrogens is 280 g/mol. The minimum atomic E-state index is -0.845. The fraction of sp³-hybridized carbons (Fsp3) is 0.353. The highest BCUT2D eigenvalue weighted by molar-refractivity contribution is 5.83. The summed E-state index contributed by atoms with van der Waals surface area (Å²) in [4.78, 5) is 14.5. The summed E-state index contributed by atoms with van der Waals surface area (Å²) in [5.41, 5.74) is 0.928. The van der Waals surface area contributed by atoms with Gasteiger partial charge in [-0.2, -0.15) is 0 Å². The Morgan fingerprint density at radius 2 is 2.00 bits per heavy atom. The molecule has 2 N–H and O–H groups in total. The van der Waals surface area contributed by atoms with Crippen LogP contribution >= 0.6 is 0 Å². The number of nitrogens with zero attached hydrogens (tertiary/aromatic N) is 1. The average Bonchev–Trinajstić information content (AvgIpc) is 3.08. The van der Waals surface area contributed by atoms with Crippen LogP contribution in [-0.2, 0) is 4.79 Å². The van der Waals surface area contributed by atoms with Crippen molar-refractivity contribution < 1.29 is 14.3 Å². The van der Waals surface area contributed by atoms with E-state index in [1.165, 1.54) is 6.26 Å². The smallest absolute Gasteiger partial charge is 0.242 e. The predicted molar refractivity (Wildman–Crippen MR) is 84.2 cm³/mol. The van der Waals surface area contributed by atoms with E-state index in [9.17, 15) is 9.90 Å². The molecule has 5 heteroatoms. The van der Waals surface area contributed by atoms with E-state index >= 15 is 0 Å². The summed E-state index contributed by atoms with van der Waals surface area (Å²) in [5, 5.41) is 12.8. The van der Waals surface area contributed by atoms with Crippen LogP contribution in [-0.4, -0.2) is 36.1 Å². The molecule has 2 atom stereocenters. The molecule has 0 aliphatic rings. The standard InChI is InChI=1S/C17H22N2O3/c1-3-19(2)16(13-8-5-4-6-9-13)17(21)18-12-14(20)15-10-7-11-22-15/h4-11,14,16,20H,3,12H2,1-2H3,(H,18,21). The van der Waals surface area contributed by atoms with Crippen molar-refractivity contribution >= 4 is 5.91 Å². The molecule has 2 rings (SSSR count). The minimum Gasteiger partial charge on any atom is -0.467 e. The highest BCUT2D eigenvalue weighted by Gasteiger charge is 2.24. The normalized spacial score (nSPS) is 13.8. The number of rotatable bonds is 7. The molecule has 0 fully saturated rings. The van der Waals surface area contributed by atoms with Crippen molar-refractivity contribution in [1.29, 1.82) is 0 Å². The summed E-state index contributed by atoms with van der Waals surface area (Å²) in [7, 11) is 1.90. The molecule has 2 unspecified atom stereocenters. The van der Waals surface area contributed by atoms with Crippen molar-refractivity contribution in [2.45, 2.75) is 19.1 Å². The molecule has 0 spiro atoms. The van der Waals surface area contributed by atoms with Crippen LogP contribution < -0.4 is 5.32 Å². The molecule has 0 saturated carbocycles. The van der Waals surface area contributed by atoms with Crippen molar-refractivity contribution in [1.82, 2.24) is 10.2 Å². The second kappa shape index (κ2) is 7.77. The molecule has 0 saturated heterocycles. The number of amides is 1. The number of hydrogen-bond acceptors (Lipinski definition) is 4. The molecule has 0 radical (unpaired) electrons. The van der Waals surface area contributed by atoms with Crippen LogP contribution in [0, 0.1) is 0 Å². The third kappa shape index (κ3) is 3.96. The Balaban J connectivity index is 2.03. The molecule has 5 nitrogen and oxygen atoms in total. The summed E-state index contributed by atoms with van der Waals surface area (Å²) in [6.07, 6.45) is 0.653. The largest absolute Gasteiger partial charge is 0.467 e. The second-order valence-corrected chi connectivity index (χ2v) is 5.16. The summed E-state index contributed by atoms with van der Waals surface area (Å²) in [6, 6.07) is 12.6. The zero-order valence-corrected chi connectivity index (χ0v) is 12.9. The number of hydrogen-bond donors (Lipinski definition) is 2. The Morgan fingerprint density at radius 1 is 1.27 bits per heavy atom. The van der Waals surface area contributed by atoms with Crippen molar-refractivity contribution in [2.75, 3.05) is 20.1 Å². The lowest BCUT2D eigenvalue weighted by Crippen LogP contribution is -2.40. The first-order valence-electron chi connectivity index (χ1n) is 7.37. The summed E-state index contributed by atoms with van der Waals surface area (Å²) in [6.45, 7) is 2.86. The highest BCUT2D eigenvalue weighted by Crippen LogP contribution is 2.20. The first-order chi connectivity index (χ1) is 10.6. The van der Waals surface area contributed by atoms with E-state index in [-0.39, 0.29) is 18.5 Å². The zero-order valence-electron chi connectivity index (χ0n) is 12.9. The maximum absolute atomic E-state index is 12.5. The Bertz CT molecular complexity index is 569. The van der Waals surface area contributed by atoms with Crippen molar-refractivity contribution in [3.05, 3.63) is 60.1 Å². The van der Waals surface area contributed by atoms with E-state index in [1.807, 2.05) is 49.2 Å². The van der Waals surface area contributed by atoms with Gasteiger partial charge < -0.3 is 14.8 Å². The van der Waals surface area contributed by atoms with E-state index in [0.29, 0.717) is 5.76 Å².